The summed E-state index contributed by atoms with van der Waals surface area (Å²) in [5, 5.41) is 6.29. The van der Waals surface area contributed by atoms with Crippen molar-refractivity contribution < 1.29 is 4.79 Å². The van der Waals surface area contributed by atoms with Crippen LogP contribution in [0.1, 0.15) is 27.9 Å². The van der Waals surface area contributed by atoms with Gasteiger partial charge in [-0.3, -0.25) is 4.79 Å². The van der Waals surface area contributed by atoms with E-state index in [-0.39, 0.29) is 5.91 Å². The SMILES string of the molecule is CCNc1ncc(C(=O)NCc2scnc2C)cc1Cl. The number of nitrogens with zero attached hydrogens (tertiary/aromatic N) is 2. The fourth-order valence-electron chi connectivity index (χ4n) is 1.62. The zero-order valence-electron chi connectivity index (χ0n) is 11.2. The Kier molecular flexibility index (Phi) is 4.92. The summed E-state index contributed by atoms with van der Waals surface area (Å²) in [5.74, 6) is 0.388. The normalized spacial score (nSPS) is 10.3. The number of rotatable bonds is 5. The molecule has 2 aromatic rings. The molecule has 0 radical (unpaired) electrons. The topological polar surface area (TPSA) is 66.9 Å². The fourth-order valence-corrected chi connectivity index (χ4v) is 2.57. The van der Waals surface area contributed by atoms with E-state index in [2.05, 4.69) is 20.6 Å². The summed E-state index contributed by atoms with van der Waals surface area (Å²) in [6.07, 6.45) is 1.51. The Morgan fingerprint density at radius 2 is 2.25 bits per heavy atom. The number of amides is 1. The molecule has 0 unspecified atom stereocenters. The van der Waals surface area contributed by atoms with Crippen molar-refractivity contribution in [2.45, 2.75) is 20.4 Å². The van der Waals surface area contributed by atoms with Gasteiger partial charge in [-0.2, -0.15) is 0 Å². The lowest BCUT2D eigenvalue weighted by Crippen LogP contribution is -2.23. The first-order chi connectivity index (χ1) is 9.61. The third-order valence-electron chi connectivity index (χ3n) is 2.70. The Labute approximate surface area is 126 Å². The molecule has 0 saturated carbocycles. The van der Waals surface area contributed by atoms with Gasteiger partial charge >= 0.3 is 0 Å². The van der Waals surface area contributed by atoms with Crippen LogP contribution in [0.25, 0.3) is 0 Å². The highest BCUT2D eigenvalue weighted by molar-refractivity contribution is 7.09. The van der Waals surface area contributed by atoms with Gasteiger partial charge in [0.05, 0.1) is 28.3 Å². The largest absolute Gasteiger partial charge is 0.369 e. The monoisotopic (exact) mass is 310 g/mol. The molecule has 0 bridgehead atoms. The van der Waals surface area contributed by atoms with Crippen molar-refractivity contribution in [3.05, 3.63) is 38.9 Å². The fraction of sp³-hybridized carbons (Fsp3) is 0.308. The van der Waals surface area contributed by atoms with Crippen molar-refractivity contribution >= 4 is 34.7 Å². The lowest BCUT2D eigenvalue weighted by atomic mass is 10.2. The minimum atomic E-state index is -0.199. The Morgan fingerprint density at radius 1 is 1.45 bits per heavy atom. The molecule has 0 aliphatic rings. The second-order valence-corrected chi connectivity index (χ2v) is 5.47. The standard InChI is InChI=1S/C13H15ClN4OS/c1-3-15-12-10(14)4-9(5-16-12)13(19)17-6-11-8(2)18-7-20-11/h4-5,7H,3,6H2,1-2H3,(H,15,16)(H,17,19). The third kappa shape index (κ3) is 3.46. The summed E-state index contributed by atoms with van der Waals surface area (Å²) < 4.78 is 0. The number of hydrogen-bond acceptors (Lipinski definition) is 5. The predicted molar refractivity (Wildman–Crippen MR) is 81.4 cm³/mol. The Balaban J connectivity index is 2.02. The summed E-state index contributed by atoms with van der Waals surface area (Å²) in [4.78, 5) is 21.3. The summed E-state index contributed by atoms with van der Waals surface area (Å²) in [6.45, 7) is 5.06. The van der Waals surface area contributed by atoms with Gasteiger partial charge in [0.15, 0.2) is 0 Å². The van der Waals surface area contributed by atoms with E-state index in [1.165, 1.54) is 17.5 Å². The van der Waals surface area contributed by atoms with Crippen LogP contribution in [0.4, 0.5) is 5.82 Å². The lowest BCUT2D eigenvalue weighted by molar-refractivity contribution is 0.0951. The number of aromatic nitrogens is 2. The van der Waals surface area contributed by atoms with Gasteiger partial charge in [-0.1, -0.05) is 11.6 Å². The van der Waals surface area contributed by atoms with Crippen molar-refractivity contribution in [3.63, 3.8) is 0 Å². The molecule has 2 rings (SSSR count). The Bertz CT molecular complexity index is 614. The molecule has 2 N–H and O–H groups in total. The first kappa shape index (κ1) is 14.7. The molecule has 0 aromatic carbocycles. The highest BCUT2D eigenvalue weighted by atomic mass is 35.5. The molecule has 0 fully saturated rings. The quantitative estimate of drug-likeness (QED) is 0.891. The smallest absolute Gasteiger partial charge is 0.253 e. The maximum absolute atomic E-state index is 12.0. The minimum absolute atomic E-state index is 0.199. The molecule has 0 saturated heterocycles. The summed E-state index contributed by atoms with van der Waals surface area (Å²) >= 11 is 7.59. The number of anilines is 1. The average Bonchev–Trinajstić information content (AvgIpc) is 2.84. The number of thiazole rings is 1. The molecule has 2 heterocycles. The molecule has 0 atom stereocenters. The van der Waals surface area contributed by atoms with Gasteiger partial charge in [-0.25, -0.2) is 9.97 Å². The minimum Gasteiger partial charge on any atom is -0.369 e. The average molecular weight is 311 g/mol. The van der Waals surface area contributed by atoms with E-state index in [0.29, 0.717) is 22.9 Å². The highest BCUT2D eigenvalue weighted by Gasteiger charge is 2.10. The van der Waals surface area contributed by atoms with Crippen LogP contribution in [0.3, 0.4) is 0 Å². The van der Waals surface area contributed by atoms with E-state index in [0.717, 1.165) is 17.1 Å². The van der Waals surface area contributed by atoms with E-state index < -0.39 is 0 Å². The maximum Gasteiger partial charge on any atom is 0.253 e. The molecule has 20 heavy (non-hydrogen) atoms. The summed E-state index contributed by atoms with van der Waals surface area (Å²) in [6, 6.07) is 1.61. The molecule has 0 spiro atoms. The van der Waals surface area contributed by atoms with E-state index in [9.17, 15) is 4.79 Å². The number of carbonyl (C=O) groups excluding carboxylic acids is 1. The third-order valence-corrected chi connectivity index (χ3v) is 3.93. The van der Waals surface area contributed by atoms with Crippen LogP contribution < -0.4 is 10.6 Å². The van der Waals surface area contributed by atoms with Crippen LogP contribution in [0.15, 0.2) is 17.8 Å². The van der Waals surface area contributed by atoms with Gasteiger partial charge in [-0.05, 0) is 19.9 Å². The second-order valence-electron chi connectivity index (χ2n) is 4.13. The van der Waals surface area contributed by atoms with Gasteiger partial charge in [0.1, 0.15) is 5.82 Å². The van der Waals surface area contributed by atoms with Gasteiger partial charge in [0.25, 0.3) is 5.91 Å². The molecular weight excluding hydrogens is 296 g/mol. The molecule has 0 aliphatic carbocycles. The number of aryl methyl sites for hydroxylation is 1. The zero-order valence-corrected chi connectivity index (χ0v) is 12.8. The summed E-state index contributed by atoms with van der Waals surface area (Å²) in [5.41, 5.74) is 3.15. The number of nitrogens with one attached hydrogen (secondary N) is 2. The van der Waals surface area contributed by atoms with Crippen LogP contribution in [0, 0.1) is 6.92 Å². The van der Waals surface area contributed by atoms with Gasteiger partial charge in [0, 0.05) is 17.6 Å². The molecule has 5 nitrogen and oxygen atoms in total. The molecule has 7 heteroatoms. The second kappa shape index (κ2) is 6.67. The number of hydrogen-bond donors (Lipinski definition) is 2. The predicted octanol–water partition coefficient (Wildman–Crippen LogP) is 2.86. The maximum atomic E-state index is 12.0. The Hall–Kier alpha value is -1.66. The molecule has 0 aliphatic heterocycles. The van der Waals surface area contributed by atoms with Gasteiger partial charge in [0.2, 0.25) is 0 Å². The van der Waals surface area contributed by atoms with Crippen molar-refractivity contribution in [2.24, 2.45) is 0 Å². The van der Waals surface area contributed by atoms with Crippen LogP contribution in [0.5, 0.6) is 0 Å². The van der Waals surface area contributed by atoms with E-state index >= 15 is 0 Å². The van der Waals surface area contributed by atoms with Gasteiger partial charge in [-0.15, -0.1) is 11.3 Å². The van der Waals surface area contributed by atoms with Crippen LogP contribution in [-0.4, -0.2) is 22.4 Å². The molecular formula is C13H15ClN4OS. The summed E-state index contributed by atoms with van der Waals surface area (Å²) in [7, 11) is 0. The van der Waals surface area contributed by atoms with Crippen molar-refractivity contribution in [1.29, 1.82) is 0 Å². The van der Waals surface area contributed by atoms with E-state index in [1.807, 2.05) is 13.8 Å². The molecule has 2 aromatic heterocycles. The first-order valence-electron chi connectivity index (χ1n) is 6.18. The number of halogens is 1. The van der Waals surface area contributed by atoms with E-state index in [4.69, 9.17) is 11.6 Å². The number of carbonyl (C=O) groups is 1. The van der Waals surface area contributed by atoms with Crippen LogP contribution in [0.2, 0.25) is 5.02 Å². The van der Waals surface area contributed by atoms with E-state index in [1.54, 1.807) is 11.6 Å². The van der Waals surface area contributed by atoms with Crippen molar-refractivity contribution in [2.75, 3.05) is 11.9 Å². The van der Waals surface area contributed by atoms with Crippen molar-refractivity contribution in [3.8, 4) is 0 Å². The Morgan fingerprint density at radius 3 is 2.85 bits per heavy atom. The molecule has 1 amide bonds. The van der Waals surface area contributed by atoms with Crippen LogP contribution in [-0.2, 0) is 6.54 Å². The lowest BCUT2D eigenvalue weighted by Gasteiger charge is -2.07. The van der Waals surface area contributed by atoms with Gasteiger partial charge < -0.3 is 10.6 Å². The zero-order chi connectivity index (χ0) is 14.5. The first-order valence-corrected chi connectivity index (χ1v) is 7.44. The highest BCUT2D eigenvalue weighted by Crippen LogP contribution is 2.20. The van der Waals surface area contributed by atoms with Crippen molar-refractivity contribution in [1.82, 2.24) is 15.3 Å². The van der Waals surface area contributed by atoms with Crippen LogP contribution >= 0.6 is 22.9 Å². The molecule has 106 valence electrons. The number of pyridine rings is 1.